The van der Waals surface area contributed by atoms with Crippen LogP contribution in [0.1, 0.15) is 107 Å². The quantitative estimate of drug-likeness (QED) is 0.0578. The van der Waals surface area contributed by atoms with E-state index in [0.29, 0.717) is 97.4 Å². The lowest BCUT2D eigenvalue weighted by molar-refractivity contribution is 0.00568. The zero-order valence-corrected chi connectivity index (χ0v) is 44.2. The maximum Gasteiger partial charge on any atom is 0.198 e. The molecule has 14 heteroatoms. The number of ketones is 2. The van der Waals surface area contributed by atoms with Crippen LogP contribution in [0.25, 0.3) is 0 Å². The molecule has 396 valence electrons. The van der Waals surface area contributed by atoms with Gasteiger partial charge in [0.1, 0.15) is 24.9 Å². The average molecular weight is 1030 g/mol. The van der Waals surface area contributed by atoms with E-state index < -0.39 is 0 Å². The summed E-state index contributed by atoms with van der Waals surface area (Å²) in [7, 11) is 0. The molecule has 4 heterocycles. The molecular weight excluding hydrogens is 953 g/mol. The standard InChI is InChI=1S/C62H72N8O6/c1-41-37-67(59(73-41)45-17-9-5-10-18-45)33-29-63-49-25-26-50(64-30-34-68-38-42(2)74-60(68)46-19-11-6-12-20-46)54-53(49)57(71)55-51(65-31-35-69-39-43(3)75-61(69)47-21-13-7-14-22-47)27-28-52(56(55)58(54)72)66-32-36-70-40-44(4)76-62(70)48-23-15-8-16-24-48/h5-28,41-44,59-66H,29-40H2,1-4H3. The van der Waals surface area contributed by atoms with Gasteiger partial charge >= 0.3 is 0 Å². The lowest BCUT2D eigenvalue weighted by Crippen LogP contribution is -2.33. The molecule has 4 saturated heterocycles. The highest BCUT2D eigenvalue weighted by molar-refractivity contribution is 6.35. The molecule has 4 fully saturated rings. The van der Waals surface area contributed by atoms with Crippen LogP contribution in [0.5, 0.6) is 0 Å². The van der Waals surface area contributed by atoms with Crippen LogP contribution in [-0.4, -0.2) is 134 Å². The van der Waals surface area contributed by atoms with Gasteiger partial charge in [-0.05, 0) is 74.2 Å². The van der Waals surface area contributed by atoms with Gasteiger partial charge in [0, 0.05) is 101 Å². The molecule has 1 aliphatic carbocycles. The number of rotatable bonds is 20. The topological polar surface area (TPSA) is 132 Å². The molecule has 8 unspecified atom stereocenters. The van der Waals surface area contributed by atoms with Gasteiger partial charge in [-0.15, -0.1) is 0 Å². The number of carbonyl (C=O) groups excluding carboxylic acids is 2. The van der Waals surface area contributed by atoms with E-state index in [0.717, 1.165) is 48.4 Å². The Balaban J connectivity index is 0.905. The van der Waals surface area contributed by atoms with Crippen LogP contribution in [0.4, 0.5) is 22.7 Å². The minimum Gasteiger partial charge on any atom is -0.383 e. The zero-order chi connectivity index (χ0) is 52.1. The summed E-state index contributed by atoms with van der Waals surface area (Å²) in [5.41, 5.74) is 8.37. The first-order chi connectivity index (χ1) is 37.2. The highest BCUT2D eigenvalue weighted by Gasteiger charge is 2.40. The summed E-state index contributed by atoms with van der Waals surface area (Å²) < 4.78 is 25.6. The minimum atomic E-state index is -0.209. The van der Waals surface area contributed by atoms with Gasteiger partial charge in [0.15, 0.2) is 11.6 Å². The van der Waals surface area contributed by atoms with Gasteiger partial charge in [0.2, 0.25) is 0 Å². The van der Waals surface area contributed by atoms with Gasteiger partial charge in [-0.2, -0.15) is 0 Å². The van der Waals surface area contributed by atoms with Crippen molar-refractivity contribution in [3.05, 3.63) is 190 Å². The number of nitrogens with zero attached hydrogens (tertiary/aromatic N) is 4. The number of hydrogen-bond acceptors (Lipinski definition) is 14. The monoisotopic (exact) mass is 1020 g/mol. The van der Waals surface area contributed by atoms with Crippen molar-refractivity contribution in [2.75, 3.05) is 99.8 Å². The third-order valence-corrected chi connectivity index (χ3v) is 15.3. The van der Waals surface area contributed by atoms with Gasteiger partial charge in [-0.25, -0.2) is 0 Å². The first kappa shape index (κ1) is 51.6. The fourth-order valence-electron chi connectivity index (χ4n) is 11.9. The van der Waals surface area contributed by atoms with E-state index >= 15 is 9.59 Å². The molecule has 76 heavy (non-hydrogen) atoms. The summed E-state index contributed by atoms with van der Waals surface area (Å²) in [4.78, 5) is 41.0. The summed E-state index contributed by atoms with van der Waals surface area (Å²) in [6, 6.07) is 49.0. The number of ether oxygens (including phenoxy) is 4. The Morgan fingerprint density at radius 1 is 0.342 bits per heavy atom. The van der Waals surface area contributed by atoms with Crippen molar-refractivity contribution in [3.8, 4) is 0 Å². The lowest BCUT2D eigenvalue weighted by Gasteiger charge is -2.29. The minimum absolute atomic E-state index is 0.0641. The Morgan fingerprint density at radius 3 is 0.763 bits per heavy atom. The normalized spacial score (nSPS) is 24.9. The molecule has 6 aromatic rings. The molecule has 11 rings (SSSR count). The second kappa shape index (κ2) is 23.4. The molecule has 0 bridgehead atoms. The third kappa shape index (κ3) is 11.2. The van der Waals surface area contributed by atoms with Crippen molar-refractivity contribution in [1.29, 1.82) is 0 Å². The summed E-state index contributed by atoms with van der Waals surface area (Å²) in [5.74, 6) is -0.418. The highest BCUT2D eigenvalue weighted by Crippen LogP contribution is 2.43. The fraction of sp³-hybridized carbons (Fsp3) is 0.387. The summed E-state index contributed by atoms with van der Waals surface area (Å²) in [6.45, 7) is 16.2. The maximum atomic E-state index is 15.8. The number of fused-ring (bicyclic) bond motifs is 2. The molecule has 4 aliphatic heterocycles. The Labute approximate surface area is 447 Å². The highest BCUT2D eigenvalue weighted by atomic mass is 16.5. The van der Waals surface area contributed by atoms with Gasteiger partial charge in [-0.3, -0.25) is 29.2 Å². The number of carbonyl (C=O) groups is 2. The average Bonchev–Trinajstić information content (AvgIpc) is 4.27. The Kier molecular flexibility index (Phi) is 15.9. The Morgan fingerprint density at radius 2 is 0.553 bits per heavy atom. The summed E-state index contributed by atoms with van der Waals surface area (Å²) >= 11 is 0. The van der Waals surface area contributed by atoms with Crippen LogP contribution in [0.3, 0.4) is 0 Å². The molecule has 0 amide bonds. The molecule has 0 spiro atoms. The van der Waals surface area contributed by atoms with Crippen LogP contribution in [-0.2, 0) is 18.9 Å². The predicted octanol–water partition coefficient (Wildman–Crippen LogP) is 9.79. The van der Waals surface area contributed by atoms with Gasteiger partial charge < -0.3 is 40.2 Å². The number of hydrogen-bond donors (Lipinski definition) is 4. The SMILES string of the molecule is CC1CN(CCNc2ccc(NCCN3CC(C)OC3c3ccccc3)c3c2C(=O)c2c(NCCN4CC(C)OC4c4ccccc4)ccc(NCCN4CC(C)OC4c4ccccc4)c2C3=O)C(c2ccccc2)O1. The van der Waals surface area contributed by atoms with E-state index in [4.69, 9.17) is 18.9 Å². The molecule has 8 atom stereocenters. The second-order valence-corrected chi connectivity index (χ2v) is 21.0. The molecular formula is C62H72N8O6. The van der Waals surface area contributed by atoms with Crippen molar-refractivity contribution in [3.63, 3.8) is 0 Å². The second-order valence-electron chi connectivity index (χ2n) is 21.0. The van der Waals surface area contributed by atoms with Crippen LogP contribution in [0, 0.1) is 0 Å². The molecule has 6 aromatic carbocycles. The van der Waals surface area contributed by atoms with Gasteiger partial charge in [0.05, 0.1) is 46.7 Å². The molecule has 5 aliphatic rings. The molecule has 14 nitrogen and oxygen atoms in total. The zero-order valence-electron chi connectivity index (χ0n) is 44.2. The largest absolute Gasteiger partial charge is 0.383 e. The fourth-order valence-corrected chi connectivity index (χ4v) is 11.9. The molecule has 0 radical (unpaired) electrons. The molecule has 0 aromatic heterocycles. The van der Waals surface area contributed by atoms with E-state index in [-0.39, 0.29) is 60.9 Å². The molecule has 4 N–H and O–H groups in total. The van der Waals surface area contributed by atoms with E-state index in [1.807, 2.05) is 97.1 Å². The van der Waals surface area contributed by atoms with Gasteiger partial charge in [-0.1, -0.05) is 121 Å². The van der Waals surface area contributed by atoms with Crippen LogP contribution in [0.2, 0.25) is 0 Å². The first-order valence-electron chi connectivity index (χ1n) is 27.3. The lowest BCUT2D eigenvalue weighted by atomic mass is 9.80. The van der Waals surface area contributed by atoms with Crippen molar-refractivity contribution in [1.82, 2.24) is 19.6 Å². The third-order valence-electron chi connectivity index (χ3n) is 15.3. The van der Waals surface area contributed by atoms with E-state index in [1.54, 1.807) is 0 Å². The number of anilines is 4. The van der Waals surface area contributed by atoms with Crippen molar-refractivity contribution < 1.29 is 28.5 Å². The smallest absolute Gasteiger partial charge is 0.198 e. The van der Waals surface area contributed by atoms with E-state index in [2.05, 4.69) is 117 Å². The Bertz CT molecular complexity index is 2540. The van der Waals surface area contributed by atoms with Crippen LogP contribution < -0.4 is 21.3 Å². The molecule has 0 saturated carbocycles. The maximum absolute atomic E-state index is 15.8. The number of benzene rings is 6. The van der Waals surface area contributed by atoms with Crippen molar-refractivity contribution in [2.45, 2.75) is 77.0 Å². The number of nitrogens with one attached hydrogen (secondary N) is 4. The van der Waals surface area contributed by atoms with Gasteiger partial charge in [0.25, 0.3) is 0 Å². The van der Waals surface area contributed by atoms with E-state index in [9.17, 15) is 0 Å². The summed E-state index contributed by atoms with van der Waals surface area (Å²) in [6.07, 6.45) is -0.456. The van der Waals surface area contributed by atoms with Crippen molar-refractivity contribution in [2.24, 2.45) is 0 Å². The van der Waals surface area contributed by atoms with E-state index in [1.165, 1.54) is 0 Å². The van der Waals surface area contributed by atoms with Crippen LogP contribution >= 0.6 is 0 Å². The first-order valence-corrected chi connectivity index (χ1v) is 27.3. The van der Waals surface area contributed by atoms with Crippen LogP contribution in [0.15, 0.2) is 146 Å². The summed E-state index contributed by atoms with van der Waals surface area (Å²) in [5, 5.41) is 14.6. The predicted molar refractivity (Wildman–Crippen MR) is 299 cm³/mol. The Hall–Kier alpha value is -6.46. The van der Waals surface area contributed by atoms with Crippen molar-refractivity contribution >= 4 is 34.3 Å².